The molecule has 2 aromatic rings. The second-order valence-corrected chi connectivity index (χ2v) is 5.96. The van der Waals surface area contributed by atoms with Gasteiger partial charge >= 0.3 is 5.97 Å². The maximum atomic E-state index is 11.9. The van der Waals surface area contributed by atoms with Crippen LogP contribution in [0.4, 0.5) is 11.4 Å². The highest BCUT2D eigenvalue weighted by Gasteiger charge is 2.15. The predicted octanol–water partition coefficient (Wildman–Crippen LogP) is 2.12. The number of nitrogens with one attached hydrogen (secondary N) is 2. The van der Waals surface area contributed by atoms with Crippen LogP contribution >= 0.6 is 0 Å². The monoisotopic (exact) mass is 385 g/mol. The number of non-ortho nitro benzene ring substituents is 1. The van der Waals surface area contributed by atoms with E-state index >= 15 is 0 Å². The molecule has 0 aliphatic heterocycles. The van der Waals surface area contributed by atoms with Crippen LogP contribution in [-0.4, -0.2) is 35.9 Å². The van der Waals surface area contributed by atoms with Crippen LogP contribution in [0.3, 0.4) is 0 Å². The third-order valence-corrected chi connectivity index (χ3v) is 3.95. The number of aryl methyl sites for hydroxylation is 1. The van der Waals surface area contributed by atoms with Crippen molar-refractivity contribution >= 4 is 29.2 Å². The molecular weight excluding hydrogens is 366 g/mol. The van der Waals surface area contributed by atoms with E-state index in [1.165, 1.54) is 18.2 Å². The van der Waals surface area contributed by atoms with Gasteiger partial charge in [0.05, 0.1) is 17.0 Å². The Labute approximate surface area is 160 Å². The topological polar surface area (TPSA) is 128 Å². The second kappa shape index (κ2) is 9.26. The van der Waals surface area contributed by atoms with Crippen LogP contribution in [0.2, 0.25) is 0 Å². The molecule has 0 saturated heterocycles. The van der Waals surface area contributed by atoms with Gasteiger partial charge in [-0.2, -0.15) is 0 Å². The maximum absolute atomic E-state index is 11.9. The Morgan fingerprint density at radius 3 is 2.50 bits per heavy atom. The molecule has 0 fully saturated rings. The fourth-order valence-electron chi connectivity index (χ4n) is 2.27. The minimum Gasteiger partial charge on any atom is -0.452 e. The first-order valence-electron chi connectivity index (χ1n) is 8.32. The normalized spacial score (nSPS) is 10.1. The van der Waals surface area contributed by atoms with Crippen LogP contribution in [0.25, 0.3) is 0 Å². The minimum atomic E-state index is -0.876. The minimum absolute atomic E-state index is 0.0466. The number of rotatable bonds is 7. The van der Waals surface area contributed by atoms with Crippen LogP contribution in [0.1, 0.15) is 21.5 Å². The maximum Gasteiger partial charge on any atom is 0.338 e. The lowest BCUT2D eigenvalue weighted by Gasteiger charge is -2.11. The number of anilines is 1. The summed E-state index contributed by atoms with van der Waals surface area (Å²) in [7, 11) is 0. The van der Waals surface area contributed by atoms with Gasteiger partial charge in [0.15, 0.2) is 6.61 Å². The molecule has 2 rings (SSSR count). The fourth-order valence-corrected chi connectivity index (χ4v) is 2.27. The van der Waals surface area contributed by atoms with Crippen LogP contribution < -0.4 is 10.6 Å². The molecule has 9 nitrogen and oxygen atoms in total. The molecule has 0 saturated carbocycles. The van der Waals surface area contributed by atoms with Gasteiger partial charge in [0, 0.05) is 17.8 Å². The third-order valence-electron chi connectivity index (χ3n) is 3.95. The summed E-state index contributed by atoms with van der Waals surface area (Å²) >= 11 is 0. The van der Waals surface area contributed by atoms with Crippen molar-refractivity contribution in [3.8, 4) is 0 Å². The van der Waals surface area contributed by atoms with Crippen LogP contribution in [0.15, 0.2) is 42.5 Å². The number of carbonyl (C=O) groups excluding carboxylic acids is 3. The summed E-state index contributed by atoms with van der Waals surface area (Å²) in [6, 6.07) is 10.4. The van der Waals surface area contributed by atoms with Gasteiger partial charge in [-0.15, -0.1) is 0 Å². The highest BCUT2D eigenvalue weighted by atomic mass is 16.6. The SMILES string of the molecule is Cc1cccc(NC(=O)CNC(=O)COC(=O)c2cccc([N+](=O)[O-])c2)c1C. The average Bonchev–Trinajstić information content (AvgIpc) is 2.68. The van der Waals surface area contributed by atoms with E-state index in [-0.39, 0.29) is 17.8 Å². The summed E-state index contributed by atoms with van der Waals surface area (Å²) in [4.78, 5) is 45.6. The van der Waals surface area contributed by atoms with E-state index < -0.39 is 29.3 Å². The first kappa shape index (κ1) is 20.6. The van der Waals surface area contributed by atoms with Gasteiger partial charge in [-0.3, -0.25) is 19.7 Å². The summed E-state index contributed by atoms with van der Waals surface area (Å²) in [6.07, 6.45) is 0. The van der Waals surface area contributed by atoms with Crippen molar-refractivity contribution in [2.75, 3.05) is 18.5 Å². The van der Waals surface area contributed by atoms with Crippen molar-refractivity contribution in [3.05, 3.63) is 69.3 Å². The predicted molar refractivity (Wildman–Crippen MR) is 101 cm³/mol. The van der Waals surface area contributed by atoms with Gasteiger partial charge in [0.2, 0.25) is 5.91 Å². The largest absolute Gasteiger partial charge is 0.452 e. The second-order valence-electron chi connectivity index (χ2n) is 5.96. The molecule has 2 N–H and O–H groups in total. The van der Waals surface area contributed by atoms with Gasteiger partial charge in [-0.05, 0) is 37.1 Å². The molecular formula is C19H19N3O6. The number of esters is 1. The molecule has 0 aliphatic carbocycles. The highest BCUT2D eigenvalue weighted by Crippen LogP contribution is 2.17. The summed E-state index contributed by atoms with van der Waals surface area (Å²) in [5, 5.41) is 15.7. The van der Waals surface area contributed by atoms with Crippen molar-refractivity contribution in [1.29, 1.82) is 0 Å². The van der Waals surface area contributed by atoms with Crippen molar-refractivity contribution in [2.24, 2.45) is 0 Å². The van der Waals surface area contributed by atoms with Crippen molar-refractivity contribution < 1.29 is 24.0 Å². The number of hydrogen-bond donors (Lipinski definition) is 2. The Kier molecular flexibility index (Phi) is 6.80. The Morgan fingerprint density at radius 2 is 1.79 bits per heavy atom. The number of carbonyl (C=O) groups is 3. The third kappa shape index (κ3) is 5.63. The molecule has 0 heterocycles. The lowest BCUT2D eigenvalue weighted by Crippen LogP contribution is -2.35. The smallest absolute Gasteiger partial charge is 0.338 e. The molecule has 28 heavy (non-hydrogen) atoms. The summed E-state index contributed by atoms with van der Waals surface area (Å²) in [5.74, 6) is -1.97. The quantitative estimate of drug-likeness (QED) is 0.427. The summed E-state index contributed by atoms with van der Waals surface area (Å²) < 4.78 is 4.80. The molecule has 0 aliphatic rings. The lowest BCUT2D eigenvalue weighted by molar-refractivity contribution is -0.384. The van der Waals surface area contributed by atoms with Gasteiger partial charge in [-0.25, -0.2) is 4.79 Å². The zero-order valence-corrected chi connectivity index (χ0v) is 15.4. The van der Waals surface area contributed by atoms with E-state index in [2.05, 4.69) is 10.6 Å². The van der Waals surface area contributed by atoms with Crippen molar-refractivity contribution in [3.63, 3.8) is 0 Å². The van der Waals surface area contributed by atoms with Gasteiger partial charge in [0.1, 0.15) is 0 Å². The molecule has 0 spiro atoms. The molecule has 2 aromatic carbocycles. The van der Waals surface area contributed by atoms with Gasteiger partial charge < -0.3 is 15.4 Å². The average molecular weight is 385 g/mol. The molecule has 9 heteroatoms. The standard InChI is InChI=1S/C19H19N3O6/c1-12-5-3-8-16(13(12)2)21-17(23)10-20-18(24)11-28-19(25)14-6-4-7-15(9-14)22(26)27/h3-9H,10-11H2,1-2H3,(H,20,24)(H,21,23). The molecule has 0 aromatic heterocycles. The lowest BCUT2D eigenvalue weighted by atomic mass is 10.1. The Balaban J connectivity index is 1.80. The molecule has 146 valence electrons. The summed E-state index contributed by atoms with van der Waals surface area (Å²) in [6.45, 7) is 2.89. The number of ether oxygens (including phenoxy) is 1. The molecule has 0 unspecified atom stereocenters. The Hall–Kier alpha value is -3.75. The molecule has 0 bridgehead atoms. The summed E-state index contributed by atoms with van der Waals surface area (Å²) in [5.41, 5.74) is 2.29. The Bertz CT molecular complexity index is 926. The van der Waals surface area contributed by atoms with Gasteiger partial charge in [-0.1, -0.05) is 18.2 Å². The van der Waals surface area contributed by atoms with Crippen molar-refractivity contribution in [1.82, 2.24) is 5.32 Å². The highest BCUT2D eigenvalue weighted by molar-refractivity contribution is 5.96. The number of nitrogens with zero attached hydrogens (tertiary/aromatic N) is 1. The van der Waals surface area contributed by atoms with Crippen LogP contribution in [0, 0.1) is 24.0 Å². The first-order chi connectivity index (χ1) is 13.3. The fraction of sp³-hybridized carbons (Fsp3) is 0.211. The number of nitro groups is 1. The van der Waals surface area contributed by atoms with E-state index in [1.54, 1.807) is 6.07 Å². The van der Waals surface area contributed by atoms with Crippen molar-refractivity contribution in [2.45, 2.75) is 13.8 Å². The van der Waals surface area contributed by atoms with E-state index in [4.69, 9.17) is 4.74 Å². The molecule has 0 radical (unpaired) electrons. The van der Waals surface area contributed by atoms with E-state index in [1.807, 2.05) is 26.0 Å². The number of nitro benzene ring substituents is 1. The Morgan fingerprint density at radius 1 is 1.07 bits per heavy atom. The van der Waals surface area contributed by atoms with Crippen LogP contribution in [-0.2, 0) is 14.3 Å². The van der Waals surface area contributed by atoms with E-state index in [9.17, 15) is 24.5 Å². The number of benzene rings is 2. The molecule has 2 amide bonds. The van der Waals surface area contributed by atoms with Gasteiger partial charge in [0.25, 0.3) is 11.6 Å². The van der Waals surface area contributed by atoms with E-state index in [0.29, 0.717) is 5.69 Å². The van der Waals surface area contributed by atoms with Crippen LogP contribution in [0.5, 0.6) is 0 Å². The zero-order valence-electron chi connectivity index (χ0n) is 15.4. The van der Waals surface area contributed by atoms with E-state index in [0.717, 1.165) is 17.2 Å². The number of hydrogen-bond acceptors (Lipinski definition) is 6. The first-order valence-corrected chi connectivity index (χ1v) is 8.32. The number of amides is 2. The zero-order chi connectivity index (χ0) is 20.7. The molecule has 0 atom stereocenters.